The minimum absolute atomic E-state index is 0. The molecular formula is C15H26ClN5O. The Bertz CT molecular complexity index is 498. The monoisotopic (exact) mass is 327 g/mol. The number of likely N-dealkylation sites (tertiary alicyclic amines) is 1. The van der Waals surface area contributed by atoms with Gasteiger partial charge >= 0.3 is 0 Å². The summed E-state index contributed by atoms with van der Waals surface area (Å²) in [4.78, 5) is 17.0. The third kappa shape index (κ3) is 3.62. The highest BCUT2D eigenvalue weighted by atomic mass is 35.5. The molecule has 3 rings (SSSR count). The predicted molar refractivity (Wildman–Crippen MR) is 88.7 cm³/mol. The molecule has 0 radical (unpaired) electrons. The first kappa shape index (κ1) is 17.2. The topological polar surface area (TPSA) is 64.3 Å². The van der Waals surface area contributed by atoms with Gasteiger partial charge in [-0.05, 0) is 18.4 Å². The Morgan fingerprint density at radius 3 is 2.68 bits per heavy atom. The molecule has 2 aliphatic heterocycles. The molecule has 0 aliphatic carbocycles. The van der Waals surface area contributed by atoms with Gasteiger partial charge in [-0.1, -0.05) is 13.8 Å². The summed E-state index contributed by atoms with van der Waals surface area (Å²) in [6, 6.07) is 2.41. The summed E-state index contributed by atoms with van der Waals surface area (Å²) in [5.74, 6) is 0.432. The molecular weight excluding hydrogens is 302 g/mol. The van der Waals surface area contributed by atoms with Crippen LogP contribution in [-0.2, 0) is 0 Å². The number of halogens is 1. The number of rotatable bonds is 3. The maximum Gasteiger partial charge on any atom is 0.274 e. The largest absolute Gasteiger partial charge is 0.336 e. The van der Waals surface area contributed by atoms with E-state index < -0.39 is 0 Å². The summed E-state index contributed by atoms with van der Waals surface area (Å²) in [7, 11) is 0. The molecule has 124 valence electrons. The third-order valence-electron chi connectivity index (χ3n) is 4.56. The van der Waals surface area contributed by atoms with Gasteiger partial charge in [-0.15, -0.1) is 12.4 Å². The molecule has 2 aliphatic rings. The first-order valence-corrected chi connectivity index (χ1v) is 7.94. The highest BCUT2D eigenvalue weighted by Crippen LogP contribution is 2.19. The average Bonchev–Trinajstić information content (AvgIpc) is 3.17. The quantitative estimate of drug-likeness (QED) is 0.872. The molecule has 0 saturated carbocycles. The number of piperazine rings is 1. The van der Waals surface area contributed by atoms with Gasteiger partial charge in [0.15, 0.2) is 0 Å². The van der Waals surface area contributed by atoms with Crippen molar-refractivity contribution in [3.8, 4) is 0 Å². The lowest BCUT2D eigenvalue weighted by Crippen LogP contribution is -2.49. The zero-order chi connectivity index (χ0) is 14.8. The Balaban J connectivity index is 0.00000176. The van der Waals surface area contributed by atoms with Gasteiger partial charge in [0.1, 0.15) is 5.69 Å². The summed E-state index contributed by atoms with van der Waals surface area (Å²) < 4.78 is 0. The molecule has 1 aromatic heterocycles. The van der Waals surface area contributed by atoms with Crippen molar-refractivity contribution in [3.63, 3.8) is 0 Å². The highest BCUT2D eigenvalue weighted by Gasteiger charge is 2.32. The maximum absolute atomic E-state index is 12.5. The zero-order valence-corrected chi connectivity index (χ0v) is 14.2. The smallest absolute Gasteiger partial charge is 0.274 e. The summed E-state index contributed by atoms with van der Waals surface area (Å²) in [5.41, 5.74) is 1.58. The van der Waals surface area contributed by atoms with E-state index in [2.05, 4.69) is 34.3 Å². The van der Waals surface area contributed by atoms with Crippen LogP contribution in [0.2, 0.25) is 0 Å². The molecule has 0 bridgehead atoms. The van der Waals surface area contributed by atoms with Crippen LogP contribution in [0.1, 0.15) is 42.4 Å². The van der Waals surface area contributed by atoms with Gasteiger partial charge in [0.25, 0.3) is 5.91 Å². The SMILES string of the molecule is CC(C)c1cc(C(=O)N2CCC(N3CCNCC3)C2)n[nH]1.Cl. The van der Waals surface area contributed by atoms with Crippen LogP contribution in [0.25, 0.3) is 0 Å². The van der Waals surface area contributed by atoms with Gasteiger partial charge in [0, 0.05) is 51.0 Å². The van der Waals surface area contributed by atoms with Crippen molar-refractivity contribution in [1.29, 1.82) is 0 Å². The van der Waals surface area contributed by atoms with E-state index in [4.69, 9.17) is 0 Å². The third-order valence-corrected chi connectivity index (χ3v) is 4.56. The molecule has 1 amide bonds. The molecule has 3 heterocycles. The lowest BCUT2D eigenvalue weighted by Gasteiger charge is -2.32. The Labute approximate surface area is 138 Å². The number of carbonyl (C=O) groups is 1. The zero-order valence-electron chi connectivity index (χ0n) is 13.3. The van der Waals surface area contributed by atoms with Crippen LogP contribution in [-0.4, -0.2) is 71.2 Å². The molecule has 0 aromatic carbocycles. The molecule has 2 fully saturated rings. The molecule has 1 unspecified atom stereocenters. The number of hydrogen-bond acceptors (Lipinski definition) is 4. The molecule has 7 heteroatoms. The molecule has 0 spiro atoms. The fraction of sp³-hybridized carbons (Fsp3) is 0.733. The van der Waals surface area contributed by atoms with Gasteiger partial charge in [0.2, 0.25) is 0 Å². The fourth-order valence-electron chi connectivity index (χ4n) is 3.18. The van der Waals surface area contributed by atoms with E-state index in [-0.39, 0.29) is 18.3 Å². The van der Waals surface area contributed by atoms with Crippen molar-refractivity contribution < 1.29 is 4.79 Å². The predicted octanol–water partition coefficient (Wildman–Crippen LogP) is 1.07. The van der Waals surface area contributed by atoms with Crippen LogP contribution < -0.4 is 5.32 Å². The van der Waals surface area contributed by atoms with Crippen molar-refractivity contribution >= 4 is 18.3 Å². The summed E-state index contributed by atoms with van der Waals surface area (Å²) in [5, 5.41) is 10.5. The molecule has 2 saturated heterocycles. The number of aromatic nitrogens is 2. The van der Waals surface area contributed by atoms with Crippen molar-refractivity contribution in [2.75, 3.05) is 39.3 Å². The fourth-order valence-corrected chi connectivity index (χ4v) is 3.18. The van der Waals surface area contributed by atoms with Crippen LogP contribution in [0.3, 0.4) is 0 Å². The van der Waals surface area contributed by atoms with Crippen LogP contribution in [0.4, 0.5) is 0 Å². The van der Waals surface area contributed by atoms with Gasteiger partial charge < -0.3 is 10.2 Å². The van der Waals surface area contributed by atoms with Crippen molar-refractivity contribution in [1.82, 2.24) is 25.3 Å². The van der Waals surface area contributed by atoms with E-state index >= 15 is 0 Å². The first-order chi connectivity index (χ1) is 10.1. The van der Waals surface area contributed by atoms with Crippen LogP contribution >= 0.6 is 12.4 Å². The highest BCUT2D eigenvalue weighted by molar-refractivity contribution is 5.92. The van der Waals surface area contributed by atoms with Crippen molar-refractivity contribution in [3.05, 3.63) is 17.5 Å². The van der Waals surface area contributed by atoms with Crippen molar-refractivity contribution in [2.24, 2.45) is 0 Å². The Kier molecular flexibility index (Phi) is 5.83. The Morgan fingerprint density at radius 1 is 1.32 bits per heavy atom. The van der Waals surface area contributed by atoms with Crippen LogP contribution in [0.15, 0.2) is 6.07 Å². The minimum atomic E-state index is 0. The average molecular weight is 328 g/mol. The number of amides is 1. The number of carbonyl (C=O) groups excluding carboxylic acids is 1. The minimum Gasteiger partial charge on any atom is -0.336 e. The van der Waals surface area contributed by atoms with E-state index in [0.29, 0.717) is 17.7 Å². The van der Waals surface area contributed by atoms with Gasteiger partial charge in [-0.3, -0.25) is 14.8 Å². The molecule has 1 atom stereocenters. The van der Waals surface area contributed by atoms with E-state index in [1.807, 2.05) is 11.0 Å². The number of nitrogens with zero attached hydrogens (tertiary/aromatic N) is 3. The second kappa shape index (κ2) is 7.44. The summed E-state index contributed by atoms with van der Waals surface area (Å²) in [6.45, 7) is 10.2. The van der Waals surface area contributed by atoms with E-state index in [0.717, 1.165) is 51.4 Å². The van der Waals surface area contributed by atoms with E-state index in [9.17, 15) is 4.79 Å². The van der Waals surface area contributed by atoms with Gasteiger partial charge in [0.05, 0.1) is 0 Å². The van der Waals surface area contributed by atoms with Crippen LogP contribution in [0.5, 0.6) is 0 Å². The molecule has 22 heavy (non-hydrogen) atoms. The summed E-state index contributed by atoms with van der Waals surface area (Å²) in [6.07, 6.45) is 1.08. The van der Waals surface area contributed by atoms with Crippen LogP contribution in [0, 0.1) is 0 Å². The molecule has 2 N–H and O–H groups in total. The van der Waals surface area contributed by atoms with E-state index in [1.54, 1.807) is 0 Å². The Hall–Kier alpha value is -1.11. The van der Waals surface area contributed by atoms with Gasteiger partial charge in [-0.2, -0.15) is 5.10 Å². The van der Waals surface area contributed by atoms with Gasteiger partial charge in [-0.25, -0.2) is 0 Å². The number of aromatic amines is 1. The summed E-state index contributed by atoms with van der Waals surface area (Å²) >= 11 is 0. The normalized spacial score (nSPS) is 22.9. The van der Waals surface area contributed by atoms with Crippen molar-refractivity contribution in [2.45, 2.75) is 32.2 Å². The molecule has 1 aromatic rings. The molecule has 6 nitrogen and oxygen atoms in total. The standard InChI is InChI=1S/C15H25N5O.ClH/c1-11(2)13-9-14(18-17-13)15(21)20-6-3-12(10-20)19-7-4-16-5-8-19;/h9,11-12,16H,3-8,10H2,1-2H3,(H,17,18);1H. The lowest BCUT2D eigenvalue weighted by atomic mass is 10.1. The second-order valence-corrected chi connectivity index (χ2v) is 6.34. The maximum atomic E-state index is 12.5. The lowest BCUT2D eigenvalue weighted by molar-refractivity contribution is 0.0767. The number of H-pyrrole nitrogens is 1. The number of hydrogen-bond donors (Lipinski definition) is 2. The van der Waals surface area contributed by atoms with E-state index in [1.165, 1.54) is 0 Å². The number of nitrogens with one attached hydrogen (secondary N) is 2. The second-order valence-electron chi connectivity index (χ2n) is 6.34. The first-order valence-electron chi connectivity index (χ1n) is 7.94. The Morgan fingerprint density at radius 2 is 2.05 bits per heavy atom.